The molecule has 1 aromatic rings. The highest BCUT2D eigenvalue weighted by Crippen LogP contribution is 2.38. The Labute approximate surface area is 80.3 Å². The van der Waals surface area contributed by atoms with Crippen molar-refractivity contribution < 1.29 is 4.74 Å². The van der Waals surface area contributed by atoms with Crippen LogP contribution in [0.4, 0.5) is 0 Å². The predicted molar refractivity (Wildman–Crippen MR) is 55.5 cm³/mol. The Morgan fingerprint density at radius 3 is 2.75 bits per heavy atom. The van der Waals surface area contributed by atoms with Crippen LogP contribution in [0.5, 0.6) is 5.75 Å². The molecule has 1 unspecified atom stereocenters. The Morgan fingerprint density at radius 2 is 2.08 bits per heavy atom. The lowest BCUT2D eigenvalue weighted by molar-refractivity contribution is 0.289. The third kappa shape index (κ3) is 2.11. The zero-order valence-corrected chi connectivity index (χ0v) is 8.24. The van der Waals surface area contributed by atoms with Gasteiger partial charge >= 0.3 is 0 Å². The Kier molecular flexibility index (Phi) is 2.84. The van der Waals surface area contributed by atoms with Crippen molar-refractivity contribution in [2.75, 3.05) is 5.75 Å². The van der Waals surface area contributed by atoms with Gasteiger partial charge in [-0.1, -0.05) is 29.0 Å². The number of benzene rings is 1. The maximum atomic E-state index is 5.72. The van der Waals surface area contributed by atoms with E-state index in [1.54, 1.807) is 0 Å². The molecule has 1 aromatic carbocycles. The molecule has 3 heteroatoms. The molecule has 1 aliphatic heterocycles. The highest BCUT2D eigenvalue weighted by Gasteiger charge is 2.17. The molecular weight excluding hydrogens is 188 g/mol. The molecule has 0 bridgehead atoms. The van der Waals surface area contributed by atoms with Gasteiger partial charge in [0.05, 0.1) is 0 Å². The molecule has 12 heavy (non-hydrogen) atoms. The average Bonchev–Trinajstić information content (AvgIpc) is 2.59. The van der Waals surface area contributed by atoms with Gasteiger partial charge in [-0.3, -0.25) is 0 Å². The van der Waals surface area contributed by atoms with E-state index in [1.165, 1.54) is 5.75 Å². The first-order valence-corrected chi connectivity index (χ1v) is 6.33. The molecule has 1 atom stereocenters. The Balaban J connectivity index is 1.94. The van der Waals surface area contributed by atoms with Gasteiger partial charge in [0, 0.05) is 12.2 Å². The van der Waals surface area contributed by atoms with Gasteiger partial charge < -0.3 is 4.74 Å². The van der Waals surface area contributed by atoms with Crippen LogP contribution < -0.4 is 4.74 Å². The summed E-state index contributed by atoms with van der Waals surface area (Å²) in [5.74, 6) is 2.19. The van der Waals surface area contributed by atoms with Crippen LogP contribution in [-0.2, 0) is 0 Å². The van der Waals surface area contributed by atoms with Gasteiger partial charge in [0.1, 0.15) is 5.75 Å². The minimum absolute atomic E-state index is 0.359. The van der Waals surface area contributed by atoms with Crippen molar-refractivity contribution in [1.82, 2.24) is 0 Å². The molecule has 0 amide bonds. The molecule has 0 N–H and O–H groups in total. The maximum Gasteiger partial charge on any atom is 0.155 e. The van der Waals surface area contributed by atoms with Crippen molar-refractivity contribution in [2.24, 2.45) is 0 Å². The molecule has 0 spiro atoms. The highest BCUT2D eigenvalue weighted by molar-refractivity contribution is 8.77. The van der Waals surface area contributed by atoms with Crippen molar-refractivity contribution in [3.05, 3.63) is 30.3 Å². The number of ether oxygens (including phenoxy) is 1. The summed E-state index contributed by atoms with van der Waals surface area (Å²) in [6.45, 7) is 0. The largest absolute Gasteiger partial charge is 0.479 e. The molecule has 1 saturated heterocycles. The summed E-state index contributed by atoms with van der Waals surface area (Å²) in [6, 6.07) is 10.0. The number of hydrogen-bond acceptors (Lipinski definition) is 3. The standard InChI is InChI=1S/C9H10OS2/c1-2-4-8(5-3-1)10-9-6-7-11-12-9/h1-5,9H,6-7H2. The van der Waals surface area contributed by atoms with E-state index in [9.17, 15) is 0 Å². The summed E-state index contributed by atoms with van der Waals surface area (Å²) in [5.41, 5.74) is 0.359. The van der Waals surface area contributed by atoms with Crippen molar-refractivity contribution >= 4 is 21.6 Å². The molecule has 1 heterocycles. The number of rotatable bonds is 2. The molecule has 1 aliphatic rings. The lowest BCUT2D eigenvalue weighted by atomic mass is 10.3. The minimum Gasteiger partial charge on any atom is -0.479 e. The summed E-state index contributed by atoms with van der Waals surface area (Å²) in [5, 5.41) is 0. The van der Waals surface area contributed by atoms with Gasteiger partial charge in [-0.25, -0.2) is 0 Å². The van der Waals surface area contributed by atoms with Crippen LogP contribution in [0.25, 0.3) is 0 Å². The second kappa shape index (κ2) is 4.10. The average molecular weight is 198 g/mol. The van der Waals surface area contributed by atoms with Crippen LogP contribution in [-0.4, -0.2) is 11.2 Å². The minimum atomic E-state index is 0.359. The fourth-order valence-electron chi connectivity index (χ4n) is 1.05. The van der Waals surface area contributed by atoms with E-state index in [0.29, 0.717) is 5.44 Å². The van der Waals surface area contributed by atoms with E-state index in [4.69, 9.17) is 4.74 Å². The van der Waals surface area contributed by atoms with Gasteiger partial charge in [0.25, 0.3) is 0 Å². The van der Waals surface area contributed by atoms with Crippen molar-refractivity contribution in [2.45, 2.75) is 11.9 Å². The van der Waals surface area contributed by atoms with Crippen molar-refractivity contribution in [3.63, 3.8) is 0 Å². The molecule has 1 nitrogen and oxygen atoms in total. The Hall–Kier alpha value is -0.280. The van der Waals surface area contributed by atoms with Gasteiger partial charge in [0.15, 0.2) is 5.44 Å². The lowest BCUT2D eigenvalue weighted by Crippen LogP contribution is -2.07. The summed E-state index contributed by atoms with van der Waals surface area (Å²) in [4.78, 5) is 0. The molecule has 2 rings (SSSR count). The molecule has 64 valence electrons. The van der Waals surface area contributed by atoms with E-state index in [2.05, 4.69) is 0 Å². The Bertz CT molecular complexity index is 232. The second-order valence-electron chi connectivity index (χ2n) is 2.57. The molecule has 0 saturated carbocycles. The monoisotopic (exact) mass is 198 g/mol. The van der Waals surface area contributed by atoms with Gasteiger partial charge in [0.2, 0.25) is 0 Å². The zero-order valence-electron chi connectivity index (χ0n) is 6.60. The fourth-order valence-corrected chi connectivity index (χ4v) is 3.56. The van der Waals surface area contributed by atoms with E-state index in [1.807, 2.05) is 51.9 Å². The summed E-state index contributed by atoms with van der Waals surface area (Å²) in [6.07, 6.45) is 1.16. The highest BCUT2D eigenvalue weighted by atomic mass is 33.1. The first kappa shape index (κ1) is 8.32. The van der Waals surface area contributed by atoms with E-state index < -0.39 is 0 Å². The van der Waals surface area contributed by atoms with E-state index in [-0.39, 0.29) is 0 Å². The quantitative estimate of drug-likeness (QED) is 0.675. The predicted octanol–water partition coefficient (Wildman–Crippen LogP) is 3.18. The van der Waals surface area contributed by atoms with Crippen LogP contribution in [0.2, 0.25) is 0 Å². The number of hydrogen-bond donors (Lipinski definition) is 0. The SMILES string of the molecule is c1ccc(OC2CCSS2)cc1. The molecule has 1 fully saturated rings. The van der Waals surface area contributed by atoms with E-state index >= 15 is 0 Å². The van der Waals surface area contributed by atoms with Gasteiger partial charge in [-0.15, -0.1) is 0 Å². The first-order chi connectivity index (χ1) is 5.95. The van der Waals surface area contributed by atoms with Crippen LogP contribution in [0.3, 0.4) is 0 Å². The topological polar surface area (TPSA) is 9.23 Å². The fraction of sp³-hybridized carbons (Fsp3) is 0.333. The zero-order chi connectivity index (χ0) is 8.23. The maximum absolute atomic E-state index is 5.72. The molecule has 0 aliphatic carbocycles. The number of para-hydroxylation sites is 1. The smallest absolute Gasteiger partial charge is 0.155 e. The van der Waals surface area contributed by atoms with Crippen LogP contribution in [0.15, 0.2) is 30.3 Å². The van der Waals surface area contributed by atoms with Crippen LogP contribution in [0, 0.1) is 0 Å². The second-order valence-corrected chi connectivity index (χ2v) is 5.21. The van der Waals surface area contributed by atoms with Crippen LogP contribution in [0.1, 0.15) is 6.42 Å². The van der Waals surface area contributed by atoms with Gasteiger partial charge in [-0.05, 0) is 22.9 Å². The first-order valence-electron chi connectivity index (χ1n) is 3.95. The molecule has 0 radical (unpaired) electrons. The van der Waals surface area contributed by atoms with Crippen molar-refractivity contribution in [1.29, 1.82) is 0 Å². The van der Waals surface area contributed by atoms with Gasteiger partial charge in [-0.2, -0.15) is 0 Å². The van der Waals surface area contributed by atoms with Crippen molar-refractivity contribution in [3.8, 4) is 5.75 Å². The molecule has 0 aromatic heterocycles. The van der Waals surface area contributed by atoms with E-state index in [0.717, 1.165) is 12.2 Å². The third-order valence-electron chi connectivity index (χ3n) is 1.62. The Morgan fingerprint density at radius 1 is 1.25 bits per heavy atom. The summed E-state index contributed by atoms with van der Waals surface area (Å²) in [7, 11) is 3.72. The summed E-state index contributed by atoms with van der Waals surface area (Å²) < 4.78 is 5.72. The van der Waals surface area contributed by atoms with Crippen LogP contribution >= 0.6 is 21.6 Å². The summed E-state index contributed by atoms with van der Waals surface area (Å²) >= 11 is 0. The third-order valence-corrected chi connectivity index (χ3v) is 4.26. The normalized spacial score (nSPS) is 22.5. The lowest BCUT2D eigenvalue weighted by Gasteiger charge is -2.10. The molecular formula is C9H10OS2.